The Kier molecular flexibility index (Phi) is 5.17. The Labute approximate surface area is 134 Å². The number of aryl methyl sites for hydroxylation is 1. The van der Waals surface area contributed by atoms with Crippen LogP contribution in [0.2, 0.25) is 5.02 Å². The van der Waals surface area contributed by atoms with Crippen molar-refractivity contribution in [3.63, 3.8) is 0 Å². The van der Waals surface area contributed by atoms with Crippen LogP contribution in [0.3, 0.4) is 0 Å². The fourth-order valence-electron chi connectivity index (χ4n) is 1.88. The molecule has 2 rings (SSSR count). The molecule has 0 bridgehead atoms. The van der Waals surface area contributed by atoms with Crippen molar-refractivity contribution in [3.8, 4) is 0 Å². The molecule has 0 radical (unpaired) electrons. The molecule has 0 aliphatic carbocycles. The topological polar surface area (TPSA) is 55.4 Å². The van der Waals surface area contributed by atoms with Crippen LogP contribution in [-0.2, 0) is 4.74 Å². The van der Waals surface area contributed by atoms with Crippen LogP contribution < -0.4 is 5.32 Å². The van der Waals surface area contributed by atoms with Gasteiger partial charge in [-0.2, -0.15) is 0 Å². The summed E-state index contributed by atoms with van der Waals surface area (Å²) in [7, 11) is 0. The van der Waals surface area contributed by atoms with Crippen LogP contribution in [-0.4, -0.2) is 18.5 Å². The minimum absolute atomic E-state index is 0.236. The number of rotatable bonds is 4. The first kappa shape index (κ1) is 16.0. The second-order valence-electron chi connectivity index (χ2n) is 4.74. The number of carbonyl (C=O) groups is 2. The zero-order valence-electron chi connectivity index (χ0n) is 12.4. The lowest BCUT2D eigenvalue weighted by Gasteiger charge is -2.08. The first-order valence-corrected chi connectivity index (χ1v) is 7.23. The fourth-order valence-corrected chi connectivity index (χ4v) is 2.13. The number of nitrogens with one attached hydrogen (secondary N) is 1. The normalized spacial score (nSPS) is 10.1. The van der Waals surface area contributed by atoms with E-state index in [4.69, 9.17) is 16.3 Å². The number of halogens is 1. The van der Waals surface area contributed by atoms with Crippen molar-refractivity contribution < 1.29 is 14.3 Å². The van der Waals surface area contributed by atoms with Gasteiger partial charge >= 0.3 is 5.97 Å². The molecular formula is C17H16ClNO3. The number of ether oxygens (including phenoxy) is 1. The van der Waals surface area contributed by atoms with Crippen LogP contribution in [0.25, 0.3) is 0 Å². The van der Waals surface area contributed by atoms with Gasteiger partial charge in [-0.25, -0.2) is 4.79 Å². The van der Waals surface area contributed by atoms with E-state index in [1.165, 1.54) is 12.1 Å². The van der Waals surface area contributed by atoms with Gasteiger partial charge in [-0.05, 0) is 44.2 Å². The number of amides is 1. The highest BCUT2D eigenvalue weighted by Crippen LogP contribution is 2.22. The quantitative estimate of drug-likeness (QED) is 0.864. The summed E-state index contributed by atoms with van der Waals surface area (Å²) >= 11 is 6.06. The summed E-state index contributed by atoms with van der Waals surface area (Å²) in [6.07, 6.45) is 0. The molecule has 4 nitrogen and oxygen atoms in total. The Morgan fingerprint density at radius 2 is 1.82 bits per heavy atom. The molecule has 0 saturated heterocycles. The van der Waals surface area contributed by atoms with Crippen molar-refractivity contribution >= 4 is 29.2 Å². The summed E-state index contributed by atoms with van der Waals surface area (Å²) < 4.78 is 4.90. The van der Waals surface area contributed by atoms with Gasteiger partial charge in [0, 0.05) is 11.3 Å². The van der Waals surface area contributed by atoms with Crippen molar-refractivity contribution in [3.05, 3.63) is 64.2 Å². The molecule has 1 amide bonds. The van der Waals surface area contributed by atoms with E-state index in [-0.39, 0.29) is 23.1 Å². The minimum Gasteiger partial charge on any atom is -0.462 e. The van der Waals surface area contributed by atoms with Gasteiger partial charge in [0.25, 0.3) is 5.91 Å². The third kappa shape index (κ3) is 3.86. The highest BCUT2D eigenvalue weighted by molar-refractivity contribution is 6.34. The van der Waals surface area contributed by atoms with Gasteiger partial charge in [-0.1, -0.05) is 29.3 Å². The summed E-state index contributed by atoms with van der Waals surface area (Å²) in [5.74, 6) is -0.719. The second-order valence-corrected chi connectivity index (χ2v) is 5.14. The number of benzene rings is 2. The number of hydrogen-bond donors (Lipinski definition) is 1. The molecule has 2 aromatic carbocycles. The standard InChI is InChI=1S/C17H16ClNO3/c1-3-22-17(21)14-9-8-13(10-15(14)18)19-16(20)12-6-4-11(2)5-7-12/h4-10H,3H2,1-2H3,(H,19,20). The molecule has 22 heavy (non-hydrogen) atoms. The van der Waals surface area contributed by atoms with E-state index in [2.05, 4.69) is 5.32 Å². The van der Waals surface area contributed by atoms with E-state index in [1.807, 2.05) is 19.1 Å². The Bertz CT molecular complexity index is 696. The lowest BCUT2D eigenvalue weighted by molar-refractivity contribution is 0.0526. The number of carbonyl (C=O) groups excluding carboxylic acids is 2. The Morgan fingerprint density at radius 1 is 1.14 bits per heavy atom. The van der Waals surface area contributed by atoms with Gasteiger partial charge in [-0.15, -0.1) is 0 Å². The molecule has 0 unspecified atom stereocenters. The van der Waals surface area contributed by atoms with Gasteiger partial charge in [0.1, 0.15) is 0 Å². The Morgan fingerprint density at radius 3 is 2.41 bits per heavy atom. The monoisotopic (exact) mass is 317 g/mol. The fraction of sp³-hybridized carbons (Fsp3) is 0.176. The van der Waals surface area contributed by atoms with E-state index < -0.39 is 5.97 Å². The molecule has 0 saturated carbocycles. The van der Waals surface area contributed by atoms with Gasteiger partial charge in [-0.3, -0.25) is 4.79 Å². The van der Waals surface area contributed by atoms with Crippen LogP contribution in [0, 0.1) is 6.92 Å². The molecule has 0 heterocycles. The molecule has 2 aromatic rings. The van der Waals surface area contributed by atoms with Crippen LogP contribution in [0.4, 0.5) is 5.69 Å². The maximum atomic E-state index is 12.1. The third-order valence-electron chi connectivity index (χ3n) is 3.04. The van der Waals surface area contributed by atoms with Crippen molar-refractivity contribution in [2.45, 2.75) is 13.8 Å². The lowest BCUT2D eigenvalue weighted by atomic mass is 10.1. The summed E-state index contributed by atoms with van der Waals surface area (Å²) in [4.78, 5) is 23.8. The number of hydrogen-bond acceptors (Lipinski definition) is 3. The van der Waals surface area contributed by atoms with Gasteiger partial charge in [0.2, 0.25) is 0 Å². The first-order valence-electron chi connectivity index (χ1n) is 6.86. The number of anilines is 1. The van der Waals surface area contributed by atoms with E-state index >= 15 is 0 Å². The largest absolute Gasteiger partial charge is 0.462 e. The zero-order chi connectivity index (χ0) is 16.1. The van der Waals surface area contributed by atoms with E-state index in [0.717, 1.165) is 5.56 Å². The second kappa shape index (κ2) is 7.09. The molecule has 5 heteroatoms. The van der Waals surface area contributed by atoms with Crippen molar-refractivity contribution in [2.24, 2.45) is 0 Å². The van der Waals surface area contributed by atoms with Crippen molar-refractivity contribution in [2.75, 3.05) is 11.9 Å². The van der Waals surface area contributed by atoms with E-state index in [1.54, 1.807) is 25.1 Å². The van der Waals surface area contributed by atoms with Gasteiger partial charge in [0.05, 0.1) is 17.2 Å². The van der Waals surface area contributed by atoms with Crippen LogP contribution in [0.15, 0.2) is 42.5 Å². The average molecular weight is 318 g/mol. The maximum Gasteiger partial charge on any atom is 0.339 e. The minimum atomic E-state index is -0.482. The summed E-state index contributed by atoms with van der Waals surface area (Å²) in [5.41, 5.74) is 2.43. The molecule has 0 atom stereocenters. The molecule has 0 fully saturated rings. The lowest BCUT2D eigenvalue weighted by Crippen LogP contribution is -2.12. The molecule has 1 N–H and O–H groups in total. The average Bonchev–Trinajstić information content (AvgIpc) is 2.48. The predicted molar refractivity (Wildman–Crippen MR) is 86.5 cm³/mol. The van der Waals surface area contributed by atoms with Gasteiger partial charge in [0.15, 0.2) is 0 Å². The predicted octanol–water partition coefficient (Wildman–Crippen LogP) is 4.08. The Balaban J connectivity index is 2.13. The van der Waals surface area contributed by atoms with Crippen molar-refractivity contribution in [1.82, 2.24) is 0 Å². The smallest absolute Gasteiger partial charge is 0.339 e. The Hall–Kier alpha value is -2.33. The third-order valence-corrected chi connectivity index (χ3v) is 3.35. The SMILES string of the molecule is CCOC(=O)c1ccc(NC(=O)c2ccc(C)cc2)cc1Cl. The molecule has 0 aliphatic rings. The molecular weight excluding hydrogens is 302 g/mol. The molecule has 0 aliphatic heterocycles. The maximum absolute atomic E-state index is 12.1. The van der Waals surface area contributed by atoms with Gasteiger partial charge < -0.3 is 10.1 Å². The zero-order valence-corrected chi connectivity index (χ0v) is 13.1. The van der Waals surface area contributed by atoms with Crippen LogP contribution in [0.5, 0.6) is 0 Å². The van der Waals surface area contributed by atoms with Crippen LogP contribution >= 0.6 is 11.6 Å². The highest BCUT2D eigenvalue weighted by Gasteiger charge is 2.13. The molecule has 114 valence electrons. The first-order chi connectivity index (χ1) is 10.5. The summed E-state index contributed by atoms with van der Waals surface area (Å²) in [6, 6.07) is 11.9. The summed E-state index contributed by atoms with van der Waals surface area (Å²) in [6.45, 7) is 3.96. The highest BCUT2D eigenvalue weighted by atomic mass is 35.5. The number of esters is 1. The molecule has 0 aromatic heterocycles. The van der Waals surface area contributed by atoms with E-state index in [9.17, 15) is 9.59 Å². The summed E-state index contributed by atoms with van der Waals surface area (Å²) in [5, 5.41) is 2.98. The van der Waals surface area contributed by atoms with Crippen molar-refractivity contribution in [1.29, 1.82) is 0 Å². The van der Waals surface area contributed by atoms with E-state index in [0.29, 0.717) is 11.3 Å². The van der Waals surface area contributed by atoms with Crippen LogP contribution in [0.1, 0.15) is 33.2 Å². The molecule has 0 spiro atoms.